The average Bonchev–Trinajstić information content (AvgIpc) is 1.39. The van der Waals surface area contributed by atoms with Gasteiger partial charge in [-0.25, -0.2) is 4.79 Å². The van der Waals surface area contributed by atoms with Gasteiger partial charge in [0, 0.05) is 30.6 Å². The molecule has 0 aromatic heterocycles. The minimum Gasteiger partial charge on any atom is -0.463 e. The summed E-state index contributed by atoms with van der Waals surface area (Å²) >= 11 is 0. The van der Waals surface area contributed by atoms with Crippen LogP contribution in [0.25, 0.3) is 0 Å². The number of carbonyl (C=O) groups is 8. The molecule has 15 rings (SSSR count). The van der Waals surface area contributed by atoms with Gasteiger partial charge < -0.3 is 58.0 Å². The lowest BCUT2D eigenvalue weighted by Crippen LogP contribution is -2.64. The first-order valence-corrected chi connectivity index (χ1v) is 41.8. The normalized spacial score (nSPS) is 33.6. The molecule has 11 saturated carbocycles. The zero-order valence-corrected chi connectivity index (χ0v) is 68.7. The Kier molecular flexibility index (Phi) is 28.5. The quantitative estimate of drug-likeness (QED) is 0.0754. The van der Waals surface area contributed by atoms with E-state index in [4.69, 9.17) is 42.6 Å². The monoisotopic (exact) mass is 1500 g/mol. The first-order valence-electron chi connectivity index (χ1n) is 41.8. The Morgan fingerprint density at radius 2 is 0.840 bits per heavy atom. The second-order valence-corrected chi connectivity index (χ2v) is 39.0. The average molecular weight is 1500 g/mol. The minimum atomic E-state index is -0.732. The highest BCUT2D eigenvalue weighted by molar-refractivity contribution is 5.83. The number of fused-ring (bicyclic) bond motifs is 2. The van der Waals surface area contributed by atoms with Gasteiger partial charge in [-0.05, 0) is 287 Å². The summed E-state index contributed by atoms with van der Waals surface area (Å²) in [6, 6.07) is 0. The van der Waals surface area contributed by atoms with Gasteiger partial charge in [0.05, 0.1) is 74.5 Å². The maximum atomic E-state index is 12.6. The van der Waals surface area contributed by atoms with E-state index in [-0.39, 0.29) is 112 Å². The molecule has 4 saturated heterocycles. The van der Waals surface area contributed by atoms with E-state index in [9.17, 15) is 53.7 Å². The molecule has 20 nitrogen and oxygen atoms in total. The van der Waals surface area contributed by atoms with Crippen molar-refractivity contribution < 1.29 is 96.3 Å². The summed E-state index contributed by atoms with van der Waals surface area (Å²) in [6.45, 7) is 35.5. The number of carbonyl (C=O) groups excluding carboxylic acids is 8. The minimum absolute atomic E-state index is 0.00956. The van der Waals surface area contributed by atoms with E-state index in [0.29, 0.717) is 99.8 Å². The lowest BCUT2D eigenvalue weighted by molar-refractivity contribution is -0.244. The number of esters is 8. The van der Waals surface area contributed by atoms with Crippen molar-refractivity contribution in [3.8, 4) is 0 Å². The zero-order chi connectivity index (χ0) is 78.4. The number of cyclic esters (lactones) is 2. The van der Waals surface area contributed by atoms with E-state index in [1.165, 1.54) is 64.2 Å². The molecular weight excluding hydrogens is 1350 g/mol. The van der Waals surface area contributed by atoms with Crippen molar-refractivity contribution >= 4 is 47.8 Å². The highest BCUT2D eigenvalue weighted by atomic mass is 16.6. The van der Waals surface area contributed by atoms with Crippen LogP contribution in [0.1, 0.15) is 343 Å². The molecule has 3 N–H and O–H groups in total. The summed E-state index contributed by atoms with van der Waals surface area (Å²) in [5.74, 6) is 1.27. The summed E-state index contributed by atoms with van der Waals surface area (Å²) in [5.41, 5.74) is -4.78. The van der Waals surface area contributed by atoms with Crippen LogP contribution in [-0.4, -0.2) is 141 Å². The fourth-order valence-electron chi connectivity index (χ4n) is 19.1. The summed E-state index contributed by atoms with van der Waals surface area (Å²) in [4.78, 5) is 94.5. The lowest BCUT2D eigenvalue weighted by Gasteiger charge is -2.60. The fraction of sp³-hybridized carbons (Fsp3) is 0.907. The smallest absolute Gasteiger partial charge is 0.347 e. The fourth-order valence-corrected chi connectivity index (χ4v) is 19.1. The number of rotatable bonds is 20. The molecule has 106 heavy (non-hydrogen) atoms. The van der Waals surface area contributed by atoms with Gasteiger partial charge in [-0.1, -0.05) is 60.8 Å². The van der Waals surface area contributed by atoms with Crippen molar-refractivity contribution in [1.29, 1.82) is 0 Å². The summed E-state index contributed by atoms with van der Waals surface area (Å²) in [5, 5.41) is 31.6. The molecule has 15 fully saturated rings. The van der Waals surface area contributed by atoms with E-state index >= 15 is 0 Å². The number of hydrogen-bond donors (Lipinski definition) is 3. The van der Waals surface area contributed by atoms with Crippen LogP contribution in [0.3, 0.4) is 0 Å². The van der Waals surface area contributed by atoms with E-state index in [1.54, 1.807) is 13.8 Å². The van der Waals surface area contributed by atoms with Crippen LogP contribution in [0, 0.1) is 73.9 Å². The van der Waals surface area contributed by atoms with Gasteiger partial charge in [0.15, 0.2) is 0 Å². The van der Waals surface area contributed by atoms with Crippen molar-refractivity contribution in [1.82, 2.24) is 0 Å². The number of aliphatic hydroxyl groups is 3. The van der Waals surface area contributed by atoms with Crippen LogP contribution in [0.5, 0.6) is 0 Å². The van der Waals surface area contributed by atoms with Gasteiger partial charge in [-0.15, -0.1) is 0 Å². The molecule has 4 heterocycles. The molecule has 0 amide bonds. The van der Waals surface area contributed by atoms with Crippen LogP contribution in [0.2, 0.25) is 0 Å². The Hall–Kier alpha value is -4.40. The standard InChI is InChI=1S/C17H28O3.C17H30O2.C16H26O4.C16H26O3.2C10H16O4/c1-4-16(2,3)15(18)20-17(9-5-6-10-17)13-11-12-7-8-14(13)19-12;1-4-16(2,3)15(18)19-17(12-8-9-13-17)14-10-6-5-7-11-14;1-4-14(2,3)13(17)20-12-10-5-15(18)7-11(12)8-16(19,6-10)9-15;1-4-15(2,3)14(17)19-13-11-5-10-6-12(13)9-16(18,7-10)8-11;1-4-10(2,3)9(12)14-7-5-8(11)13-6-7;1-4-10(2,3)9(12)14-7-5-6-13-8(7)11/h12-14H,4-11H2,1-3H3;14H,4-13H2,1-3H3;10-12,18-19H,4-9H2,1-3H3;10-13,18H,4-9H2,1-3H3;2*7H,4-6H2,1-3H3. The van der Waals surface area contributed by atoms with Crippen LogP contribution >= 0.6 is 0 Å². The van der Waals surface area contributed by atoms with Gasteiger partial charge in [0.25, 0.3) is 0 Å². The molecule has 15 aliphatic rings. The molecule has 0 radical (unpaired) electrons. The van der Waals surface area contributed by atoms with Crippen molar-refractivity contribution in [3.63, 3.8) is 0 Å². The Morgan fingerprint density at radius 3 is 1.23 bits per heavy atom. The van der Waals surface area contributed by atoms with Crippen molar-refractivity contribution in [3.05, 3.63) is 0 Å². The van der Waals surface area contributed by atoms with Crippen LogP contribution in [0.4, 0.5) is 0 Å². The maximum Gasteiger partial charge on any atom is 0.347 e. The molecule has 7 atom stereocenters. The molecule has 10 bridgehead atoms. The molecule has 0 aromatic rings. The molecule has 0 spiro atoms. The number of ether oxygens (including phenoxy) is 9. The predicted molar refractivity (Wildman–Crippen MR) is 401 cm³/mol. The first-order chi connectivity index (χ1) is 49.4. The van der Waals surface area contributed by atoms with Gasteiger partial charge in [-0.2, -0.15) is 0 Å². The van der Waals surface area contributed by atoms with Crippen molar-refractivity contribution in [2.75, 3.05) is 13.2 Å². The van der Waals surface area contributed by atoms with Gasteiger partial charge >= 0.3 is 47.8 Å². The van der Waals surface area contributed by atoms with Crippen molar-refractivity contribution in [2.45, 2.75) is 408 Å². The van der Waals surface area contributed by atoms with Gasteiger partial charge in [0.1, 0.15) is 36.1 Å². The van der Waals surface area contributed by atoms with E-state index in [2.05, 4.69) is 13.8 Å². The van der Waals surface area contributed by atoms with Crippen LogP contribution < -0.4 is 0 Å². The van der Waals surface area contributed by atoms with Crippen molar-refractivity contribution in [2.24, 2.45) is 73.9 Å². The highest BCUT2D eigenvalue weighted by Gasteiger charge is 2.63. The largest absolute Gasteiger partial charge is 0.463 e. The topological polar surface area (TPSA) is 280 Å². The predicted octanol–water partition coefficient (Wildman–Crippen LogP) is 16.2. The van der Waals surface area contributed by atoms with E-state index in [1.807, 2.05) is 96.9 Å². The maximum absolute atomic E-state index is 12.6. The Labute approximate surface area is 635 Å². The number of hydrogen-bond acceptors (Lipinski definition) is 20. The third-order valence-corrected chi connectivity index (χ3v) is 28.3. The summed E-state index contributed by atoms with van der Waals surface area (Å²) in [6.07, 6.45) is 32.1. The molecule has 11 aliphatic carbocycles. The first kappa shape index (κ1) is 87.2. The highest BCUT2D eigenvalue weighted by Crippen LogP contribution is 2.60. The van der Waals surface area contributed by atoms with Gasteiger partial charge in [-0.3, -0.25) is 33.6 Å². The molecule has 0 aromatic carbocycles. The second kappa shape index (κ2) is 34.7. The molecule has 606 valence electrons. The van der Waals surface area contributed by atoms with Crippen LogP contribution in [0.15, 0.2) is 0 Å². The summed E-state index contributed by atoms with van der Waals surface area (Å²) in [7, 11) is 0. The second-order valence-electron chi connectivity index (χ2n) is 39.0. The molecule has 7 unspecified atom stereocenters. The Bertz CT molecular complexity index is 2960. The van der Waals surface area contributed by atoms with Gasteiger partial charge in [0.2, 0.25) is 6.10 Å². The summed E-state index contributed by atoms with van der Waals surface area (Å²) < 4.78 is 49.7. The molecule has 4 aliphatic heterocycles. The van der Waals surface area contributed by atoms with Crippen LogP contribution in [-0.2, 0) is 81.0 Å². The SMILES string of the molecule is CCC(C)(C)C(=O)OC1(C2CC3CCC2O3)CCCC1.CCC(C)(C)C(=O)OC1(C2CCCCC2)CCCC1.CCC(C)(C)C(=O)OC1C2CC3(O)CC1CC(O)(C2)C3.CCC(C)(C)C(=O)OC1C2CC3CC1CC(O)(C3)C2.CCC(C)(C)C(=O)OC1CCOC1=O.CCC(C)(C)C(=O)OC1COC(=O)C1. The van der Waals surface area contributed by atoms with E-state index in [0.717, 1.165) is 96.3 Å². The molecule has 20 heteroatoms. The van der Waals surface area contributed by atoms with E-state index < -0.39 is 45.1 Å². The molecular formula is C86H142O20. The Morgan fingerprint density at radius 1 is 0.434 bits per heavy atom. The zero-order valence-electron chi connectivity index (χ0n) is 68.7. The third-order valence-electron chi connectivity index (χ3n) is 28.3. The lowest BCUT2D eigenvalue weighted by atomic mass is 9.51. The third kappa shape index (κ3) is 21.0. The Balaban J connectivity index is 0.000000162.